The van der Waals surface area contributed by atoms with Gasteiger partial charge < -0.3 is 15.6 Å². The molecule has 0 saturated carbocycles. The zero-order chi connectivity index (χ0) is 10.1. The number of amides is 1. The van der Waals surface area contributed by atoms with E-state index in [0.29, 0.717) is 11.4 Å². The Hall–Kier alpha value is -1.04. The van der Waals surface area contributed by atoms with Crippen LogP contribution in [-0.2, 0) is 4.79 Å². The highest BCUT2D eigenvalue weighted by atomic mass is 32.2. The molecular weight excluding hydrogens is 200 g/mol. The van der Waals surface area contributed by atoms with E-state index in [1.165, 1.54) is 18.8 Å². The van der Waals surface area contributed by atoms with E-state index in [-0.39, 0.29) is 11.0 Å². The molecule has 0 saturated heterocycles. The van der Waals surface area contributed by atoms with Gasteiger partial charge >= 0.3 is 0 Å². The van der Waals surface area contributed by atoms with Gasteiger partial charge in [0.15, 0.2) is 0 Å². The van der Waals surface area contributed by atoms with Gasteiger partial charge in [-0.25, -0.2) is 0 Å². The maximum absolute atomic E-state index is 11.1. The van der Waals surface area contributed by atoms with E-state index in [2.05, 4.69) is 5.32 Å². The number of hydrogen-bond donors (Lipinski definition) is 2. The number of fused-ring (bicyclic) bond motifs is 1. The van der Waals surface area contributed by atoms with Gasteiger partial charge in [-0.3, -0.25) is 4.79 Å². The predicted molar refractivity (Wildman–Crippen MR) is 55.7 cm³/mol. The molecular formula is C9H10N2O2S. The van der Waals surface area contributed by atoms with Crippen LogP contribution in [0.5, 0.6) is 0 Å². The molecule has 2 rings (SSSR count). The van der Waals surface area contributed by atoms with Gasteiger partial charge in [0.2, 0.25) is 5.91 Å². The average Bonchev–Trinajstić information content (AvgIpc) is 2.16. The summed E-state index contributed by atoms with van der Waals surface area (Å²) in [6.45, 7) is 0. The predicted octanol–water partition coefficient (Wildman–Crippen LogP) is 0.375. The fourth-order valence-electron chi connectivity index (χ4n) is 1.30. The summed E-state index contributed by atoms with van der Waals surface area (Å²) in [5, 5.41) is 13.8. The first-order valence-corrected chi connectivity index (χ1v) is 5.23. The minimum atomic E-state index is -0.0109. The van der Waals surface area contributed by atoms with Crippen molar-refractivity contribution in [2.24, 2.45) is 0 Å². The number of nitrogens with one attached hydrogen (secondary N) is 2. The number of rotatable bonds is 1. The highest BCUT2D eigenvalue weighted by molar-refractivity contribution is 8.00. The number of anilines is 1. The molecule has 1 aliphatic heterocycles. The van der Waals surface area contributed by atoms with Gasteiger partial charge in [-0.2, -0.15) is 0 Å². The summed E-state index contributed by atoms with van der Waals surface area (Å²) in [5.41, 5.74) is 1.38. The summed E-state index contributed by atoms with van der Waals surface area (Å²) < 4.78 is 0. The Morgan fingerprint density at radius 3 is 3.07 bits per heavy atom. The van der Waals surface area contributed by atoms with Crippen LogP contribution in [0.2, 0.25) is 0 Å². The largest absolute Gasteiger partial charge is 0.629 e. The van der Waals surface area contributed by atoms with Crippen molar-refractivity contribution in [3.05, 3.63) is 23.4 Å². The van der Waals surface area contributed by atoms with Crippen molar-refractivity contribution in [1.29, 1.82) is 0 Å². The topological polar surface area (TPSA) is 56.6 Å². The van der Waals surface area contributed by atoms with Crippen molar-refractivity contribution in [1.82, 2.24) is 0 Å². The molecule has 0 spiro atoms. The molecule has 5 heteroatoms. The number of thioether (sulfide) groups is 1. The first kappa shape index (κ1) is 9.51. The monoisotopic (exact) mass is 210 g/mol. The maximum Gasteiger partial charge on any atom is 0.234 e. The molecule has 0 bridgehead atoms. The molecule has 0 radical (unpaired) electrons. The normalized spacial score (nSPS) is 17.1. The average molecular weight is 210 g/mol. The standard InChI is InChI=1S/C9H10N2O2S/c1-11(13)6-2-3-8-7(4-6)10-9(12)5-14-8/h2-4,11H,5H2,1H3,(H,10,12). The van der Waals surface area contributed by atoms with E-state index in [1.807, 2.05) is 6.07 Å². The maximum atomic E-state index is 11.1. The lowest BCUT2D eigenvalue weighted by Crippen LogP contribution is -2.98. The Labute approximate surface area is 85.9 Å². The molecule has 1 aromatic rings. The van der Waals surface area contributed by atoms with Crippen molar-refractivity contribution in [2.75, 3.05) is 18.1 Å². The van der Waals surface area contributed by atoms with Crippen molar-refractivity contribution in [3.8, 4) is 0 Å². The Morgan fingerprint density at radius 1 is 1.57 bits per heavy atom. The lowest BCUT2D eigenvalue weighted by molar-refractivity contribution is -0.751. The quantitative estimate of drug-likeness (QED) is 0.659. The second kappa shape index (κ2) is 3.61. The fraction of sp³-hybridized carbons (Fsp3) is 0.222. The van der Waals surface area contributed by atoms with E-state index in [0.717, 1.165) is 10.6 Å². The second-order valence-corrected chi connectivity index (χ2v) is 4.12. The van der Waals surface area contributed by atoms with Crippen LogP contribution in [-0.4, -0.2) is 18.7 Å². The summed E-state index contributed by atoms with van der Waals surface area (Å²) in [7, 11) is 1.51. The first-order valence-electron chi connectivity index (χ1n) is 4.24. The molecule has 0 aromatic heterocycles. The molecule has 0 fully saturated rings. The smallest absolute Gasteiger partial charge is 0.234 e. The number of carbonyl (C=O) groups is 1. The van der Waals surface area contributed by atoms with Crippen LogP contribution in [0.1, 0.15) is 0 Å². The van der Waals surface area contributed by atoms with Gasteiger partial charge in [0.25, 0.3) is 0 Å². The third kappa shape index (κ3) is 1.75. The third-order valence-electron chi connectivity index (χ3n) is 2.02. The number of hydrogen-bond acceptors (Lipinski definition) is 3. The molecule has 1 heterocycles. The highest BCUT2D eigenvalue weighted by Gasteiger charge is 2.16. The molecule has 1 atom stereocenters. The number of carbonyl (C=O) groups excluding carboxylic acids is 1. The number of quaternary nitrogens is 1. The van der Waals surface area contributed by atoms with Crippen molar-refractivity contribution >= 4 is 29.0 Å². The summed E-state index contributed by atoms with van der Waals surface area (Å²) in [4.78, 5) is 12.1. The van der Waals surface area contributed by atoms with Gasteiger partial charge in [-0.15, -0.1) is 11.8 Å². The molecule has 2 N–H and O–H groups in total. The second-order valence-electron chi connectivity index (χ2n) is 3.10. The Kier molecular flexibility index (Phi) is 2.45. The minimum absolute atomic E-state index is 0.0109. The van der Waals surface area contributed by atoms with Crippen molar-refractivity contribution in [2.45, 2.75) is 4.90 Å². The lowest BCUT2D eigenvalue weighted by atomic mass is 10.2. The van der Waals surface area contributed by atoms with Crippen LogP contribution < -0.4 is 10.4 Å². The van der Waals surface area contributed by atoms with Crippen LogP contribution in [0, 0.1) is 5.21 Å². The molecule has 1 aromatic carbocycles. The molecule has 1 unspecified atom stereocenters. The van der Waals surface area contributed by atoms with E-state index < -0.39 is 0 Å². The Balaban J connectivity index is 2.37. The van der Waals surface area contributed by atoms with Gasteiger partial charge in [-0.1, -0.05) is 0 Å². The lowest BCUT2D eigenvalue weighted by Gasteiger charge is -2.20. The number of benzene rings is 1. The van der Waals surface area contributed by atoms with Crippen LogP contribution >= 0.6 is 11.8 Å². The van der Waals surface area contributed by atoms with Crippen LogP contribution in [0.4, 0.5) is 11.4 Å². The van der Waals surface area contributed by atoms with Crippen LogP contribution in [0.15, 0.2) is 23.1 Å². The highest BCUT2D eigenvalue weighted by Crippen LogP contribution is 2.32. The summed E-state index contributed by atoms with van der Waals surface area (Å²) >= 11 is 1.49. The van der Waals surface area contributed by atoms with E-state index >= 15 is 0 Å². The molecule has 4 nitrogen and oxygen atoms in total. The molecule has 1 aliphatic rings. The zero-order valence-corrected chi connectivity index (χ0v) is 8.48. The van der Waals surface area contributed by atoms with Crippen LogP contribution in [0.3, 0.4) is 0 Å². The fourth-order valence-corrected chi connectivity index (χ4v) is 2.09. The Morgan fingerprint density at radius 2 is 2.36 bits per heavy atom. The minimum Gasteiger partial charge on any atom is -0.629 e. The molecule has 0 aliphatic carbocycles. The van der Waals surface area contributed by atoms with Gasteiger partial charge in [0.05, 0.1) is 18.5 Å². The van der Waals surface area contributed by atoms with Crippen molar-refractivity contribution < 1.29 is 9.86 Å². The molecule has 74 valence electrons. The summed E-state index contributed by atoms with van der Waals surface area (Å²) in [5.74, 6) is 0.440. The van der Waals surface area contributed by atoms with Crippen LogP contribution in [0.25, 0.3) is 0 Å². The van der Waals surface area contributed by atoms with Gasteiger partial charge in [0, 0.05) is 17.0 Å². The van der Waals surface area contributed by atoms with E-state index in [9.17, 15) is 10.0 Å². The van der Waals surface area contributed by atoms with Gasteiger partial charge in [-0.05, 0) is 6.07 Å². The first-order chi connectivity index (χ1) is 6.66. The van der Waals surface area contributed by atoms with Gasteiger partial charge in [0.1, 0.15) is 5.69 Å². The summed E-state index contributed by atoms with van der Waals surface area (Å²) in [6, 6.07) is 5.38. The molecule has 14 heavy (non-hydrogen) atoms. The molecule has 1 amide bonds. The van der Waals surface area contributed by atoms with E-state index in [1.54, 1.807) is 12.1 Å². The number of hydroxylamine groups is 1. The Bertz CT molecular complexity index is 379. The SMILES string of the molecule is C[NH+]([O-])c1ccc2c(c1)NC(=O)CS2. The zero-order valence-electron chi connectivity index (χ0n) is 7.66. The summed E-state index contributed by atoms with van der Waals surface area (Å²) in [6.07, 6.45) is 0. The van der Waals surface area contributed by atoms with Crippen molar-refractivity contribution in [3.63, 3.8) is 0 Å². The third-order valence-corrected chi connectivity index (χ3v) is 3.09. The van der Waals surface area contributed by atoms with E-state index in [4.69, 9.17) is 0 Å².